The van der Waals surface area contributed by atoms with E-state index in [2.05, 4.69) is 11.3 Å². The van der Waals surface area contributed by atoms with Gasteiger partial charge in [0.25, 0.3) is 5.56 Å². The summed E-state index contributed by atoms with van der Waals surface area (Å²) in [5.41, 5.74) is -1.78. The minimum atomic E-state index is -0.827. The molecule has 0 aliphatic carbocycles. The lowest BCUT2D eigenvalue weighted by atomic mass is 9.95. The highest BCUT2D eigenvalue weighted by Crippen LogP contribution is 2.14. The van der Waals surface area contributed by atoms with Crippen LogP contribution in [0.25, 0.3) is 11.2 Å². The number of aryl methyl sites for hydroxylation is 2. The first-order valence-electron chi connectivity index (χ1n) is 5.77. The van der Waals surface area contributed by atoms with Crippen molar-refractivity contribution in [1.29, 1.82) is 0 Å². The summed E-state index contributed by atoms with van der Waals surface area (Å²) in [5, 5.41) is 0. The van der Waals surface area contributed by atoms with E-state index >= 15 is 0 Å². The van der Waals surface area contributed by atoms with Crippen LogP contribution in [0, 0.1) is 11.7 Å². The Bertz CT molecular complexity index is 786. The van der Waals surface area contributed by atoms with Gasteiger partial charge in [-0.15, -0.1) is 0 Å². The van der Waals surface area contributed by atoms with E-state index in [1.165, 1.54) is 16.2 Å². The zero-order valence-electron chi connectivity index (χ0n) is 11.5. The van der Waals surface area contributed by atoms with E-state index in [1.807, 2.05) is 0 Å². The Morgan fingerprint density at radius 2 is 1.79 bits per heavy atom. The molecule has 2 rings (SSSR count). The fraction of sp³-hybridized carbons (Fsp3) is 0.500. The summed E-state index contributed by atoms with van der Waals surface area (Å²) in [7, 11) is 3.06. The molecule has 101 valence electrons. The number of imidazole rings is 1. The normalized spacial score (nSPS) is 12.1. The van der Waals surface area contributed by atoms with Gasteiger partial charge in [0.05, 0.1) is 0 Å². The average Bonchev–Trinajstić information content (AvgIpc) is 2.67. The summed E-state index contributed by atoms with van der Waals surface area (Å²) >= 11 is 0. The molecular formula is C12H15N4O3. The third kappa shape index (κ3) is 1.81. The van der Waals surface area contributed by atoms with Gasteiger partial charge in [0.2, 0.25) is 5.91 Å². The van der Waals surface area contributed by atoms with Gasteiger partial charge in [-0.05, 0) is 0 Å². The Morgan fingerprint density at radius 1 is 1.21 bits per heavy atom. The average molecular weight is 263 g/mol. The first-order chi connectivity index (χ1) is 8.66. The predicted octanol–water partition coefficient (Wildman–Crippen LogP) is -0.0798. The number of hydrogen-bond donors (Lipinski definition) is 0. The van der Waals surface area contributed by atoms with Crippen molar-refractivity contribution in [2.24, 2.45) is 19.5 Å². The number of fused-ring (bicyclic) bond motifs is 1. The van der Waals surface area contributed by atoms with Gasteiger partial charge in [-0.25, -0.2) is 9.78 Å². The van der Waals surface area contributed by atoms with Crippen molar-refractivity contribution in [3.8, 4) is 0 Å². The van der Waals surface area contributed by atoms with E-state index in [4.69, 9.17) is 0 Å². The Kier molecular flexibility index (Phi) is 2.73. The van der Waals surface area contributed by atoms with Gasteiger partial charge in [-0.2, -0.15) is 4.57 Å². The lowest BCUT2D eigenvalue weighted by Gasteiger charge is -2.17. The maximum absolute atomic E-state index is 12.3. The first kappa shape index (κ1) is 13.3. The SMILES string of the molecule is Cn1[c]nc2c1c(=O)n(C(=O)C(C)(C)C)c(=O)n2C. The Labute approximate surface area is 109 Å². The van der Waals surface area contributed by atoms with Crippen molar-refractivity contribution < 1.29 is 4.79 Å². The molecule has 0 unspecified atom stereocenters. The minimum absolute atomic E-state index is 0.180. The summed E-state index contributed by atoms with van der Waals surface area (Å²) < 4.78 is 3.22. The zero-order chi connectivity index (χ0) is 14.5. The van der Waals surface area contributed by atoms with Crippen molar-refractivity contribution in [3.63, 3.8) is 0 Å². The van der Waals surface area contributed by atoms with Gasteiger partial charge in [0.1, 0.15) is 0 Å². The monoisotopic (exact) mass is 263 g/mol. The van der Waals surface area contributed by atoms with Crippen LogP contribution < -0.4 is 11.2 Å². The molecule has 0 bridgehead atoms. The molecule has 2 aromatic rings. The molecule has 0 saturated heterocycles. The van der Waals surface area contributed by atoms with E-state index in [-0.39, 0.29) is 11.2 Å². The van der Waals surface area contributed by atoms with Crippen molar-refractivity contribution in [3.05, 3.63) is 27.2 Å². The molecule has 7 nitrogen and oxygen atoms in total. The molecule has 0 N–H and O–H groups in total. The molecule has 0 aromatic carbocycles. The maximum Gasteiger partial charge on any atom is 0.339 e. The molecule has 1 radical (unpaired) electrons. The highest BCUT2D eigenvalue weighted by atomic mass is 16.2. The highest BCUT2D eigenvalue weighted by Gasteiger charge is 2.28. The van der Waals surface area contributed by atoms with Gasteiger partial charge < -0.3 is 4.57 Å². The Hall–Kier alpha value is -2.18. The topological polar surface area (TPSA) is 78.9 Å². The molecule has 0 aliphatic heterocycles. The van der Waals surface area contributed by atoms with E-state index in [0.29, 0.717) is 4.57 Å². The van der Waals surface area contributed by atoms with E-state index < -0.39 is 22.6 Å². The lowest BCUT2D eigenvalue weighted by Crippen LogP contribution is -2.47. The standard InChI is InChI=1S/C12H15N4O3/c1-12(2,3)10(18)16-9(17)7-8(13-6-14(7)4)15(5)11(16)19/h1-5H3. The predicted molar refractivity (Wildman–Crippen MR) is 69.1 cm³/mol. The number of hydrogen-bond acceptors (Lipinski definition) is 4. The van der Waals surface area contributed by atoms with Gasteiger partial charge in [0, 0.05) is 19.5 Å². The van der Waals surface area contributed by atoms with Gasteiger partial charge in [0.15, 0.2) is 17.5 Å². The minimum Gasteiger partial charge on any atom is -0.319 e. The van der Waals surface area contributed by atoms with E-state index in [0.717, 1.165) is 0 Å². The maximum atomic E-state index is 12.3. The smallest absolute Gasteiger partial charge is 0.319 e. The molecule has 2 heterocycles. The zero-order valence-corrected chi connectivity index (χ0v) is 11.5. The molecule has 2 aromatic heterocycles. The third-order valence-electron chi connectivity index (χ3n) is 2.90. The summed E-state index contributed by atoms with van der Waals surface area (Å²) in [6.45, 7) is 4.96. The molecule has 0 saturated carbocycles. The molecule has 0 aliphatic rings. The van der Waals surface area contributed by atoms with Crippen LogP contribution in [0.1, 0.15) is 25.6 Å². The number of carbonyl (C=O) groups excluding carboxylic acids is 1. The van der Waals surface area contributed by atoms with Crippen LogP contribution in [-0.4, -0.2) is 24.6 Å². The number of aromatic nitrogens is 4. The van der Waals surface area contributed by atoms with Crippen LogP contribution in [0.2, 0.25) is 0 Å². The van der Waals surface area contributed by atoms with Crippen LogP contribution in [0.4, 0.5) is 0 Å². The van der Waals surface area contributed by atoms with Crippen molar-refractivity contribution in [2.75, 3.05) is 0 Å². The fourth-order valence-electron chi connectivity index (χ4n) is 1.80. The van der Waals surface area contributed by atoms with Crippen LogP contribution >= 0.6 is 0 Å². The molecule has 0 atom stereocenters. The second-order valence-electron chi connectivity index (χ2n) is 5.48. The Balaban J connectivity index is 2.98. The molecule has 0 spiro atoms. The second-order valence-corrected chi connectivity index (χ2v) is 5.48. The van der Waals surface area contributed by atoms with Gasteiger partial charge in [-0.1, -0.05) is 20.8 Å². The fourth-order valence-corrected chi connectivity index (χ4v) is 1.80. The van der Waals surface area contributed by atoms with Crippen LogP contribution in [-0.2, 0) is 14.1 Å². The highest BCUT2D eigenvalue weighted by molar-refractivity contribution is 5.85. The van der Waals surface area contributed by atoms with E-state index in [9.17, 15) is 14.4 Å². The third-order valence-corrected chi connectivity index (χ3v) is 2.90. The van der Waals surface area contributed by atoms with Crippen molar-refractivity contribution in [1.82, 2.24) is 18.7 Å². The first-order valence-corrected chi connectivity index (χ1v) is 5.77. The number of carbonyl (C=O) groups is 1. The summed E-state index contributed by atoms with van der Waals surface area (Å²) in [5.74, 6) is -0.541. The molecular weight excluding hydrogens is 248 g/mol. The van der Waals surface area contributed by atoms with Crippen LogP contribution in [0.5, 0.6) is 0 Å². The van der Waals surface area contributed by atoms with Gasteiger partial charge in [-0.3, -0.25) is 14.2 Å². The van der Waals surface area contributed by atoms with Crippen LogP contribution in [0.15, 0.2) is 9.59 Å². The van der Waals surface area contributed by atoms with Crippen molar-refractivity contribution in [2.45, 2.75) is 20.8 Å². The molecule has 0 amide bonds. The lowest BCUT2D eigenvalue weighted by molar-refractivity contribution is 0.0754. The van der Waals surface area contributed by atoms with Crippen molar-refractivity contribution >= 4 is 17.1 Å². The summed E-state index contributed by atoms with van der Waals surface area (Å²) in [6.07, 6.45) is 2.57. The molecule has 19 heavy (non-hydrogen) atoms. The number of nitrogens with zero attached hydrogens (tertiary/aromatic N) is 4. The summed E-state index contributed by atoms with van der Waals surface area (Å²) in [6, 6.07) is 0. The molecule has 0 fully saturated rings. The van der Waals surface area contributed by atoms with E-state index in [1.54, 1.807) is 27.8 Å². The quantitative estimate of drug-likeness (QED) is 0.666. The molecule has 7 heteroatoms. The Morgan fingerprint density at radius 3 is 2.32 bits per heavy atom. The summed E-state index contributed by atoms with van der Waals surface area (Å²) in [4.78, 5) is 40.6. The van der Waals surface area contributed by atoms with Crippen LogP contribution in [0.3, 0.4) is 0 Å². The van der Waals surface area contributed by atoms with Gasteiger partial charge >= 0.3 is 5.69 Å². The second kappa shape index (κ2) is 3.91. The number of rotatable bonds is 0. The largest absolute Gasteiger partial charge is 0.339 e.